The van der Waals surface area contributed by atoms with Crippen LogP contribution in [0.4, 0.5) is 4.39 Å². The second kappa shape index (κ2) is 5.65. The minimum Gasteiger partial charge on any atom is -0.293 e. The molecule has 0 amide bonds. The van der Waals surface area contributed by atoms with Gasteiger partial charge in [0, 0.05) is 13.1 Å². The third-order valence-electron chi connectivity index (χ3n) is 3.13. The number of aromatic nitrogens is 2. The first-order valence-electron chi connectivity index (χ1n) is 6.51. The highest BCUT2D eigenvalue weighted by Crippen LogP contribution is 2.20. The summed E-state index contributed by atoms with van der Waals surface area (Å²) in [6.07, 6.45) is 1.51. The van der Waals surface area contributed by atoms with Crippen LogP contribution in [0.1, 0.15) is 32.6 Å². The van der Waals surface area contributed by atoms with Crippen LogP contribution in [0.5, 0.6) is 0 Å². The number of carbonyl (C=O) groups excluding carboxylic acids is 2. The van der Waals surface area contributed by atoms with Crippen molar-refractivity contribution in [1.29, 1.82) is 0 Å². The van der Waals surface area contributed by atoms with Crippen molar-refractivity contribution in [3.05, 3.63) is 69.9 Å². The molecule has 0 aliphatic carbocycles. The van der Waals surface area contributed by atoms with E-state index in [9.17, 15) is 14.0 Å². The predicted molar refractivity (Wildman–Crippen MR) is 81.3 cm³/mol. The lowest BCUT2D eigenvalue weighted by atomic mass is 10.1. The summed E-state index contributed by atoms with van der Waals surface area (Å²) in [7, 11) is 0. The Morgan fingerprint density at radius 3 is 2.50 bits per heavy atom. The van der Waals surface area contributed by atoms with Gasteiger partial charge in [0.25, 0.3) is 0 Å². The zero-order valence-electron chi connectivity index (χ0n) is 11.6. The van der Waals surface area contributed by atoms with Gasteiger partial charge >= 0.3 is 0 Å². The van der Waals surface area contributed by atoms with Crippen molar-refractivity contribution in [1.82, 2.24) is 9.78 Å². The Bertz CT molecular complexity index is 836. The molecule has 2 heterocycles. The lowest BCUT2D eigenvalue weighted by molar-refractivity contribution is 0.0988. The molecule has 0 aliphatic heterocycles. The van der Waals surface area contributed by atoms with Crippen LogP contribution in [0, 0.1) is 5.82 Å². The third-order valence-corrected chi connectivity index (χ3v) is 4.00. The molecule has 0 saturated carbocycles. The zero-order valence-corrected chi connectivity index (χ0v) is 12.4. The standard InChI is InChI=1S/C16H11FN2O2S/c1-10(20)15-13(16(21)14-3-2-8-22-14)9-19(18-15)12-6-4-11(17)5-7-12/h2-9H,1H3. The highest BCUT2D eigenvalue weighted by molar-refractivity contribution is 7.12. The summed E-state index contributed by atoms with van der Waals surface area (Å²) in [6.45, 7) is 1.36. The summed E-state index contributed by atoms with van der Waals surface area (Å²) in [6, 6.07) is 9.13. The third kappa shape index (κ3) is 2.60. The van der Waals surface area contributed by atoms with Crippen molar-refractivity contribution < 1.29 is 14.0 Å². The van der Waals surface area contributed by atoms with Crippen molar-refractivity contribution in [2.75, 3.05) is 0 Å². The number of thiophene rings is 1. The first-order chi connectivity index (χ1) is 10.6. The fourth-order valence-electron chi connectivity index (χ4n) is 2.07. The van der Waals surface area contributed by atoms with E-state index in [1.54, 1.807) is 17.5 Å². The summed E-state index contributed by atoms with van der Waals surface area (Å²) in [5.74, 6) is -0.896. The number of carbonyl (C=O) groups is 2. The Kier molecular flexibility index (Phi) is 3.68. The second-order valence-electron chi connectivity index (χ2n) is 4.67. The van der Waals surface area contributed by atoms with Gasteiger partial charge in [-0.2, -0.15) is 5.10 Å². The Labute approximate surface area is 129 Å². The topological polar surface area (TPSA) is 52.0 Å². The van der Waals surface area contributed by atoms with Crippen LogP contribution in [-0.4, -0.2) is 21.3 Å². The minimum absolute atomic E-state index is 0.114. The number of Topliss-reactive ketones (excluding diaryl/α,β-unsaturated/α-hetero) is 1. The minimum atomic E-state index is -0.363. The lowest BCUT2D eigenvalue weighted by Crippen LogP contribution is -2.05. The van der Waals surface area contributed by atoms with Gasteiger partial charge in [0.15, 0.2) is 5.78 Å². The maximum atomic E-state index is 13.0. The van der Waals surface area contributed by atoms with Crippen LogP contribution in [0.15, 0.2) is 48.0 Å². The molecular weight excluding hydrogens is 303 g/mol. The van der Waals surface area contributed by atoms with E-state index in [0.717, 1.165) is 0 Å². The van der Waals surface area contributed by atoms with Gasteiger partial charge in [0.05, 0.1) is 16.1 Å². The quantitative estimate of drug-likeness (QED) is 0.693. The predicted octanol–water partition coefficient (Wildman–Crippen LogP) is 3.51. The van der Waals surface area contributed by atoms with Crippen molar-refractivity contribution >= 4 is 22.9 Å². The van der Waals surface area contributed by atoms with Crippen LogP contribution in [0.2, 0.25) is 0 Å². The fourth-order valence-corrected chi connectivity index (χ4v) is 2.74. The first-order valence-corrected chi connectivity index (χ1v) is 7.39. The molecule has 1 aromatic carbocycles. The van der Waals surface area contributed by atoms with Gasteiger partial charge in [-0.25, -0.2) is 9.07 Å². The molecule has 0 aliphatic rings. The molecule has 4 nitrogen and oxygen atoms in total. The molecule has 6 heteroatoms. The normalized spacial score (nSPS) is 10.6. The molecule has 0 radical (unpaired) electrons. The van der Waals surface area contributed by atoms with E-state index in [0.29, 0.717) is 10.6 Å². The van der Waals surface area contributed by atoms with E-state index in [2.05, 4.69) is 5.10 Å². The van der Waals surface area contributed by atoms with Crippen LogP contribution in [0.25, 0.3) is 5.69 Å². The van der Waals surface area contributed by atoms with E-state index in [1.807, 2.05) is 0 Å². The average molecular weight is 314 g/mol. The summed E-state index contributed by atoms with van der Waals surface area (Å²) < 4.78 is 14.4. The van der Waals surface area contributed by atoms with Gasteiger partial charge in [-0.3, -0.25) is 9.59 Å². The number of rotatable bonds is 4. The molecule has 0 bridgehead atoms. The van der Waals surface area contributed by atoms with Crippen molar-refractivity contribution in [3.63, 3.8) is 0 Å². The van der Waals surface area contributed by atoms with E-state index in [4.69, 9.17) is 0 Å². The maximum Gasteiger partial charge on any atom is 0.206 e. The molecule has 0 atom stereocenters. The van der Waals surface area contributed by atoms with Crippen molar-refractivity contribution in [3.8, 4) is 5.69 Å². The highest BCUT2D eigenvalue weighted by atomic mass is 32.1. The molecular formula is C16H11FN2O2S. The Balaban J connectivity index is 2.08. The molecule has 0 unspecified atom stereocenters. The average Bonchev–Trinajstić information content (AvgIpc) is 3.17. The van der Waals surface area contributed by atoms with Crippen molar-refractivity contribution in [2.24, 2.45) is 0 Å². The molecule has 0 N–H and O–H groups in total. The number of ketones is 2. The van der Waals surface area contributed by atoms with Gasteiger partial charge < -0.3 is 0 Å². The summed E-state index contributed by atoms with van der Waals surface area (Å²) in [5.41, 5.74) is 0.941. The van der Waals surface area contributed by atoms with Crippen LogP contribution in [0.3, 0.4) is 0 Å². The Morgan fingerprint density at radius 2 is 1.91 bits per heavy atom. The molecule has 2 aromatic heterocycles. The lowest BCUT2D eigenvalue weighted by Gasteiger charge is -1.99. The van der Waals surface area contributed by atoms with E-state index >= 15 is 0 Å². The zero-order chi connectivity index (χ0) is 15.7. The monoisotopic (exact) mass is 314 g/mol. The molecule has 22 heavy (non-hydrogen) atoms. The van der Waals surface area contributed by atoms with E-state index in [1.165, 1.54) is 53.4 Å². The smallest absolute Gasteiger partial charge is 0.206 e. The number of nitrogens with zero attached hydrogens (tertiary/aromatic N) is 2. The Morgan fingerprint density at radius 1 is 1.18 bits per heavy atom. The summed E-state index contributed by atoms with van der Waals surface area (Å²) in [4.78, 5) is 24.8. The van der Waals surface area contributed by atoms with Gasteiger partial charge in [-0.15, -0.1) is 11.3 Å². The summed E-state index contributed by atoms with van der Waals surface area (Å²) >= 11 is 1.31. The SMILES string of the molecule is CC(=O)c1nn(-c2ccc(F)cc2)cc1C(=O)c1cccs1. The molecule has 3 rings (SSSR count). The molecule has 3 aromatic rings. The first kappa shape index (κ1) is 14.3. The molecule has 0 saturated heterocycles. The number of hydrogen-bond donors (Lipinski definition) is 0. The summed E-state index contributed by atoms with van der Waals surface area (Å²) in [5, 5.41) is 5.97. The van der Waals surface area contributed by atoms with Crippen LogP contribution >= 0.6 is 11.3 Å². The van der Waals surface area contributed by atoms with Gasteiger partial charge in [0.1, 0.15) is 11.5 Å². The number of benzene rings is 1. The molecule has 0 spiro atoms. The fraction of sp³-hybridized carbons (Fsp3) is 0.0625. The van der Waals surface area contributed by atoms with E-state index < -0.39 is 0 Å². The number of hydrogen-bond acceptors (Lipinski definition) is 4. The molecule has 110 valence electrons. The van der Waals surface area contributed by atoms with Gasteiger partial charge in [0.2, 0.25) is 5.78 Å². The maximum absolute atomic E-state index is 13.0. The van der Waals surface area contributed by atoms with Crippen molar-refractivity contribution in [2.45, 2.75) is 6.92 Å². The van der Waals surface area contributed by atoms with Gasteiger partial charge in [-0.1, -0.05) is 6.07 Å². The highest BCUT2D eigenvalue weighted by Gasteiger charge is 2.21. The van der Waals surface area contributed by atoms with Crippen LogP contribution < -0.4 is 0 Å². The van der Waals surface area contributed by atoms with Crippen LogP contribution in [-0.2, 0) is 0 Å². The second-order valence-corrected chi connectivity index (χ2v) is 5.62. The van der Waals surface area contributed by atoms with Gasteiger partial charge in [-0.05, 0) is 35.7 Å². The molecule has 0 fully saturated rings. The van der Waals surface area contributed by atoms with E-state index in [-0.39, 0.29) is 28.6 Å². The Hall–Kier alpha value is -2.60. The largest absolute Gasteiger partial charge is 0.293 e. The number of halogens is 1.